The Hall–Kier alpha value is -3.05. The zero-order chi connectivity index (χ0) is 22.9. The Morgan fingerprint density at radius 1 is 1.00 bits per heavy atom. The normalized spacial score (nSPS) is 19.8. The van der Waals surface area contributed by atoms with Gasteiger partial charge in [-0.05, 0) is 40.2 Å². The van der Waals surface area contributed by atoms with E-state index < -0.39 is 0 Å². The minimum absolute atomic E-state index is 0.00984. The summed E-state index contributed by atoms with van der Waals surface area (Å²) in [5, 5.41) is 10.7. The van der Waals surface area contributed by atoms with Gasteiger partial charge in [-0.1, -0.05) is 0 Å². The zero-order valence-corrected chi connectivity index (χ0v) is 19.6. The van der Waals surface area contributed by atoms with Gasteiger partial charge in [-0.15, -0.1) is 0 Å². The largest absolute Gasteiger partial charge is 0.474 e. The number of pyridine rings is 1. The summed E-state index contributed by atoms with van der Waals surface area (Å²) in [6.45, 7) is 3.36. The highest BCUT2D eigenvalue weighted by Crippen LogP contribution is 2.33. The van der Waals surface area contributed by atoms with Crippen LogP contribution in [0.15, 0.2) is 34.9 Å². The quantitative estimate of drug-likeness (QED) is 0.500. The van der Waals surface area contributed by atoms with Crippen LogP contribution in [-0.2, 0) is 4.74 Å². The average Bonchev–Trinajstić information content (AvgIpc) is 3.53. The number of aromatic amines is 1. The van der Waals surface area contributed by atoms with Gasteiger partial charge in [0, 0.05) is 56.9 Å². The highest BCUT2D eigenvalue weighted by molar-refractivity contribution is 9.10. The maximum Gasteiger partial charge on any atom is 0.255 e. The molecule has 0 bridgehead atoms. The van der Waals surface area contributed by atoms with Gasteiger partial charge < -0.3 is 19.3 Å². The molecule has 2 aliphatic rings. The minimum atomic E-state index is -0.0598. The molecule has 0 aliphatic carbocycles. The van der Waals surface area contributed by atoms with Gasteiger partial charge in [0.05, 0.1) is 16.6 Å². The molecule has 5 rings (SSSR count). The van der Waals surface area contributed by atoms with Crippen molar-refractivity contribution in [2.75, 3.05) is 46.5 Å². The molecule has 0 radical (unpaired) electrons. The fourth-order valence-corrected chi connectivity index (χ4v) is 5.00. The predicted molar refractivity (Wildman–Crippen MR) is 122 cm³/mol. The van der Waals surface area contributed by atoms with Gasteiger partial charge in [0.15, 0.2) is 0 Å². The molecule has 3 aromatic rings. The third kappa shape index (κ3) is 4.30. The summed E-state index contributed by atoms with van der Waals surface area (Å²) in [7, 11) is 1.60. The van der Waals surface area contributed by atoms with Gasteiger partial charge in [-0.25, -0.2) is 4.98 Å². The van der Waals surface area contributed by atoms with E-state index in [9.17, 15) is 9.59 Å². The van der Waals surface area contributed by atoms with Crippen LogP contribution in [0.2, 0.25) is 0 Å². The number of rotatable bonds is 6. The summed E-state index contributed by atoms with van der Waals surface area (Å²) in [6.07, 6.45) is 1.54. The van der Waals surface area contributed by atoms with Crippen molar-refractivity contribution in [3.63, 3.8) is 0 Å². The van der Waals surface area contributed by atoms with Crippen molar-refractivity contribution in [2.24, 2.45) is 11.8 Å². The lowest BCUT2D eigenvalue weighted by molar-refractivity contribution is 0.0738. The summed E-state index contributed by atoms with van der Waals surface area (Å²) in [5.41, 5.74) is 2.52. The van der Waals surface area contributed by atoms with Gasteiger partial charge >= 0.3 is 0 Å². The first-order chi connectivity index (χ1) is 16.0. The summed E-state index contributed by atoms with van der Waals surface area (Å²) >= 11 is 3.43. The van der Waals surface area contributed by atoms with Crippen LogP contribution >= 0.6 is 15.9 Å². The molecule has 2 fully saturated rings. The number of hydrogen-bond donors (Lipinski definition) is 1. The fourth-order valence-electron chi connectivity index (χ4n) is 4.53. The Morgan fingerprint density at radius 3 is 2.33 bits per heavy atom. The number of methoxy groups -OCH3 is 1. The number of aromatic nitrogens is 4. The average molecular weight is 515 g/mol. The molecule has 2 aliphatic heterocycles. The summed E-state index contributed by atoms with van der Waals surface area (Å²) in [4.78, 5) is 34.0. The molecular weight excluding hydrogens is 492 g/mol. The SMILES string of the molecule is COCCOc1ncc(C(=O)N2CC3CN(C(=O)c4ccc5n[nH]nc5c4)CC3C2)cc1Br. The second kappa shape index (κ2) is 9.06. The second-order valence-electron chi connectivity index (χ2n) is 8.32. The van der Waals surface area contributed by atoms with E-state index in [1.165, 1.54) is 0 Å². The first-order valence-electron chi connectivity index (χ1n) is 10.7. The number of hydrogen-bond acceptors (Lipinski definition) is 7. The number of H-pyrrole nitrogens is 1. The second-order valence-corrected chi connectivity index (χ2v) is 9.17. The molecule has 0 saturated carbocycles. The number of halogens is 1. The third-order valence-corrected chi connectivity index (χ3v) is 6.77. The number of carbonyl (C=O) groups excluding carboxylic acids is 2. The van der Waals surface area contributed by atoms with E-state index in [0.717, 1.165) is 5.52 Å². The van der Waals surface area contributed by atoms with E-state index >= 15 is 0 Å². The Labute approximate surface area is 198 Å². The smallest absolute Gasteiger partial charge is 0.255 e. The zero-order valence-electron chi connectivity index (χ0n) is 18.0. The monoisotopic (exact) mass is 514 g/mol. The van der Waals surface area contributed by atoms with Crippen molar-refractivity contribution in [1.82, 2.24) is 30.2 Å². The van der Waals surface area contributed by atoms with E-state index in [1.807, 2.05) is 9.80 Å². The first-order valence-corrected chi connectivity index (χ1v) is 11.5. The van der Waals surface area contributed by atoms with Crippen LogP contribution in [-0.4, -0.2) is 88.5 Å². The van der Waals surface area contributed by atoms with Gasteiger partial charge in [-0.3, -0.25) is 9.59 Å². The third-order valence-electron chi connectivity index (χ3n) is 6.20. The lowest BCUT2D eigenvalue weighted by atomic mass is 10.0. The molecule has 33 heavy (non-hydrogen) atoms. The van der Waals surface area contributed by atoms with Crippen LogP contribution in [0.3, 0.4) is 0 Å². The molecule has 1 aromatic carbocycles. The molecule has 4 heterocycles. The summed E-state index contributed by atoms with van der Waals surface area (Å²) in [5.74, 6) is 0.892. The Bertz CT molecular complexity index is 1190. The number of amides is 2. The lowest BCUT2D eigenvalue weighted by Crippen LogP contribution is -2.35. The number of nitrogens with one attached hydrogen (secondary N) is 1. The molecule has 2 atom stereocenters. The van der Waals surface area contributed by atoms with Crippen LogP contribution in [0.25, 0.3) is 11.0 Å². The van der Waals surface area contributed by atoms with Gasteiger partial charge in [-0.2, -0.15) is 15.4 Å². The molecular formula is C22H23BrN6O4. The highest BCUT2D eigenvalue weighted by atomic mass is 79.9. The van der Waals surface area contributed by atoms with Crippen molar-refractivity contribution in [3.8, 4) is 5.88 Å². The molecule has 1 N–H and O–H groups in total. The highest BCUT2D eigenvalue weighted by Gasteiger charge is 2.43. The molecule has 11 heteroatoms. The van der Waals surface area contributed by atoms with Gasteiger partial charge in [0.25, 0.3) is 11.8 Å². The summed E-state index contributed by atoms with van der Waals surface area (Å²) < 4.78 is 11.1. The van der Waals surface area contributed by atoms with Crippen LogP contribution in [0.5, 0.6) is 5.88 Å². The van der Waals surface area contributed by atoms with E-state index in [2.05, 4.69) is 36.3 Å². The van der Waals surface area contributed by atoms with Crippen LogP contribution in [0.1, 0.15) is 20.7 Å². The van der Waals surface area contributed by atoms with Crippen molar-refractivity contribution in [3.05, 3.63) is 46.1 Å². The standard InChI is InChI=1S/C22H23BrN6O4/c1-32-4-5-33-20-17(23)6-14(8-24-20)22(31)29-11-15-9-28(10-16(15)12-29)21(30)13-2-3-18-19(7-13)26-27-25-18/h2-3,6-8,15-16H,4-5,9-12H2,1H3,(H,25,26,27). The number of benzene rings is 1. The molecule has 2 amide bonds. The van der Waals surface area contributed by atoms with Crippen LogP contribution in [0, 0.1) is 11.8 Å². The maximum absolute atomic E-state index is 13.0. The molecule has 2 aromatic heterocycles. The molecule has 0 spiro atoms. The lowest BCUT2D eigenvalue weighted by Gasteiger charge is -2.22. The van der Waals surface area contributed by atoms with E-state index in [4.69, 9.17) is 9.47 Å². The number of likely N-dealkylation sites (tertiary alicyclic amines) is 2. The topological polar surface area (TPSA) is 114 Å². The number of nitrogens with zero attached hydrogens (tertiary/aromatic N) is 5. The van der Waals surface area contributed by atoms with E-state index in [-0.39, 0.29) is 23.7 Å². The minimum Gasteiger partial charge on any atom is -0.474 e. The number of carbonyl (C=O) groups is 2. The molecule has 2 unspecified atom stereocenters. The molecule has 10 nitrogen and oxygen atoms in total. The van der Waals surface area contributed by atoms with Crippen LogP contribution < -0.4 is 4.74 Å². The predicted octanol–water partition coefficient (Wildman–Crippen LogP) is 1.98. The molecule has 172 valence electrons. The molecule has 2 saturated heterocycles. The van der Waals surface area contributed by atoms with Gasteiger partial charge in [0.2, 0.25) is 5.88 Å². The fraction of sp³-hybridized carbons (Fsp3) is 0.409. The van der Waals surface area contributed by atoms with Crippen LogP contribution in [0.4, 0.5) is 0 Å². The number of fused-ring (bicyclic) bond motifs is 2. The number of ether oxygens (including phenoxy) is 2. The summed E-state index contributed by atoms with van der Waals surface area (Å²) in [6, 6.07) is 7.08. The Kier molecular flexibility index (Phi) is 5.98. The van der Waals surface area contributed by atoms with Gasteiger partial charge in [0.1, 0.15) is 17.6 Å². The van der Waals surface area contributed by atoms with E-state index in [0.29, 0.717) is 66.4 Å². The Morgan fingerprint density at radius 2 is 1.67 bits per heavy atom. The first kappa shape index (κ1) is 21.8. The maximum atomic E-state index is 13.0. The van der Waals surface area contributed by atoms with Crippen molar-refractivity contribution in [1.29, 1.82) is 0 Å². The van der Waals surface area contributed by atoms with Crippen molar-refractivity contribution >= 4 is 38.8 Å². The Balaban J connectivity index is 1.20. The van der Waals surface area contributed by atoms with Crippen molar-refractivity contribution < 1.29 is 19.1 Å². The van der Waals surface area contributed by atoms with Crippen molar-refractivity contribution in [2.45, 2.75) is 0 Å². The van der Waals surface area contributed by atoms with E-state index in [1.54, 1.807) is 37.6 Å².